The number of thiazole rings is 1. The molecule has 0 spiro atoms. The summed E-state index contributed by atoms with van der Waals surface area (Å²) in [6.07, 6.45) is 6.06. The number of aromatic nitrogens is 3. The number of imidazole rings is 1. The lowest BCUT2D eigenvalue weighted by Gasteiger charge is -2.20. The predicted octanol–water partition coefficient (Wildman–Crippen LogP) is 4.13. The van der Waals surface area contributed by atoms with Crippen LogP contribution in [-0.4, -0.2) is 33.6 Å². The van der Waals surface area contributed by atoms with Gasteiger partial charge in [-0.1, -0.05) is 29.5 Å². The summed E-state index contributed by atoms with van der Waals surface area (Å²) < 4.78 is 21.8. The molecule has 0 saturated heterocycles. The molecule has 0 fully saturated rings. The van der Waals surface area contributed by atoms with Crippen molar-refractivity contribution in [2.45, 2.75) is 13.0 Å². The Labute approximate surface area is 171 Å². The Kier molecular flexibility index (Phi) is 5.81. The average molecular weight is 410 g/mol. The van der Waals surface area contributed by atoms with Crippen molar-refractivity contribution in [3.8, 4) is 5.75 Å². The summed E-state index contributed by atoms with van der Waals surface area (Å²) in [6, 6.07) is 13.6. The van der Waals surface area contributed by atoms with Crippen LogP contribution in [0, 0.1) is 5.82 Å². The summed E-state index contributed by atoms with van der Waals surface area (Å²) >= 11 is 1.30. The molecule has 29 heavy (non-hydrogen) atoms. The highest BCUT2D eigenvalue weighted by molar-refractivity contribution is 7.22. The molecule has 0 atom stereocenters. The first-order valence-corrected chi connectivity index (χ1v) is 10.0. The number of para-hydroxylation sites is 1. The summed E-state index contributed by atoms with van der Waals surface area (Å²) in [5.41, 5.74) is 0.669. The lowest BCUT2D eigenvalue weighted by Crippen LogP contribution is -2.36. The molecule has 148 valence electrons. The van der Waals surface area contributed by atoms with Crippen LogP contribution in [0.2, 0.25) is 0 Å². The highest BCUT2D eigenvalue weighted by atomic mass is 32.1. The maximum Gasteiger partial charge on any atom is 0.266 e. The van der Waals surface area contributed by atoms with Crippen molar-refractivity contribution < 1.29 is 13.9 Å². The van der Waals surface area contributed by atoms with Gasteiger partial charge in [-0.25, -0.2) is 14.4 Å². The van der Waals surface area contributed by atoms with Crippen LogP contribution < -0.4 is 9.64 Å². The SMILES string of the molecule is O=C(COc1ccccc1)N(CCCn1ccnc1)c1nc2ccc(F)cc2s1. The lowest BCUT2D eigenvalue weighted by atomic mass is 10.3. The zero-order valence-electron chi connectivity index (χ0n) is 15.6. The molecule has 6 nitrogen and oxygen atoms in total. The molecule has 0 N–H and O–H groups in total. The van der Waals surface area contributed by atoms with E-state index < -0.39 is 0 Å². The predicted molar refractivity (Wildman–Crippen MR) is 111 cm³/mol. The van der Waals surface area contributed by atoms with Gasteiger partial charge in [-0.05, 0) is 36.8 Å². The average Bonchev–Trinajstić information content (AvgIpc) is 3.39. The maximum atomic E-state index is 13.5. The van der Waals surface area contributed by atoms with Gasteiger partial charge in [0.2, 0.25) is 0 Å². The molecule has 0 radical (unpaired) electrons. The minimum Gasteiger partial charge on any atom is -0.484 e. The van der Waals surface area contributed by atoms with E-state index in [4.69, 9.17) is 4.74 Å². The number of rotatable bonds is 8. The number of hydrogen-bond donors (Lipinski definition) is 0. The molecule has 0 bridgehead atoms. The molecule has 4 aromatic rings. The number of hydrogen-bond acceptors (Lipinski definition) is 5. The van der Waals surface area contributed by atoms with E-state index in [1.165, 1.54) is 23.5 Å². The third-order valence-electron chi connectivity index (χ3n) is 4.33. The number of anilines is 1. The topological polar surface area (TPSA) is 60.2 Å². The van der Waals surface area contributed by atoms with Gasteiger partial charge < -0.3 is 9.30 Å². The first-order valence-electron chi connectivity index (χ1n) is 9.19. The molecular formula is C21H19FN4O2S. The van der Waals surface area contributed by atoms with E-state index in [0.717, 1.165) is 13.0 Å². The second kappa shape index (κ2) is 8.83. The van der Waals surface area contributed by atoms with Crippen molar-refractivity contribution in [1.29, 1.82) is 0 Å². The maximum absolute atomic E-state index is 13.5. The second-order valence-corrected chi connectivity index (χ2v) is 7.42. The summed E-state index contributed by atoms with van der Waals surface area (Å²) in [4.78, 5) is 23.1. The van der Waals surface area contributed by atoms with E-state index >= 15 is 0 Å². The van der Waals surface area contributed by atoms with Gasteiger partial charge in [0.15, 0.2) is 11.7 Å². The Hall–Kier alpha value is -3.26. The van der Waals surface area contributed by atoms with Crippen LogP contribution in [0.1, 0.15) is 6.42 Å². The number of carbonyl (C=O) groups excluding carboxylic acids is 1. The molecular weight excluding hydrogens is 391 g/mol. The first kappa shape index (κ1) is 19.1. The number of benzene rings is 2. The van der Waals surface area contributed by atoms with E-state index in [-0.39, 0.29) is 18.3 Å². The zero-order valence-corrected chi connectivity index (χ0v) is 16.4. The number of ether oxygens (including phenoxy) is 1. The third-order valence-corrected chi connectivity index (χ3v) is 5.38. The quantitative estimate of drug-likeness (QED) is 0.438. The molecule has 2 aromatic carbocycles. The van der Waals surface area contributed by atoms with Gasteiger partial charge in [0.05, 0.1) is 16.5 Å². The Balaban J connectivity index is 1.51. The van der Waals surface area contributed by atoms with Gasteiger partial charge >= 0.3 is 0 Å². The minimum atomic E-state index is -0.321. The van der Waals surface area contributed by atoms with E-state index in [9.17, 15) is 9.18 Å². The summed E-state index contributed by atoms with van der Waals surface area (Å²) in [5, 5.41) is 0.540. The van der Waals surface area contributed by atoms with Crippen molar-refractivity contribution in [2.75, 3.05) is 18.1 Å². The molecule has 1 amide bonds. The van der Waals surface area contributed by atoms with Crippen LogP contribution in [0.15, 0.2) is 67.3 Å². The first-order chi connectivity index (χ1) is 14.2. The number of amides is 1. The molecule has 0 saturated carbocycles. The Bertz CT molecular complexity index is 1080. The number of fused-ring (bicyclic) bond motifs is 1. The van der Waals surface area contributed by atoms with Gasteiger partial charge in [-0.2, -0.15) is 0 Å². The lowest BCUT2D eigenvalue weighted by molar-refractivity contribution is -0.120. The fraction of sp³-hybridized carbons (Fsp3) is 0.190. The number of aryl methyl sites for hydroxylation is 1. The van der Waals surface area contributed by atoms with Crippen molar-refractivity contribution in [1.82, 2.24) is 14.5 Å². The van der Waals surface area contributed by atoms with E-state index in [1.807, 2.05) is 29.0 Å². The molecule has 0 aliphatic rings. The standard InChI is InChI=1S/C21H19FN4O2S/c22-16-7-8-18-19(13-16)29-21(24-18)26(11-4-10-25-12-9-23-15-25)20(27)14-28-17-5-2-1-3-6-17/h1-3,5-9,12-13,15H,4,10-11,14H2. The molecule has 8 heteroatoms. The van der Waals surface area contributed by atoms with Crippen molar-refractivity contribution in [3.05, 3.63) is 73.1 Å². The van der Waals surface area contributed by atoms with Crippen molar-refractivity contribution in [3.63, 3.8) is 0 Å². The highest BCUT2D eigenvalue weighted by Crippen LogP contribution is 2.29. The molecule has 0 aliphatic heterocycles. The van der Waals surface area contributed by atoms with Gasteiger partial charge in [-0.3, -0.25) is 9.69 Å². The number of halogens is 1. The van der Waals surface area contributed by atoms with Crippen LogP contribution in [0.3, 0.4) is 0 Å². The van der Waals surface area contributed by atoms with Crippen LogP contribution in [0.25, 0.3) is 10.2 Å². The van der Waals surface area contributed by atoms with Gasteiger partial charge in [0.25, 0.3) is 5.91 Å². The summed E-state index contributed by atoms with van der Waals surface area (Å²) in [6.45, 7) is 1.10. The van der Waals surface area contributed by atoms with Crippen LogP contribution >= 0.6 is 11.3 Å². The smallest absolute Gasteiger partial charge is 0.266 e. The second-order valence-electron chi connectivity index (χ2n) is 6.41. The van der Waals surface area contributed by atoms with Gasteiger partial charge in [0.1, 0.15) is 11.6 Å². The largest absolute Gasteiger partial charge is 0.484 e. The van der Waals surface area contributed by atoms with Crippen LogP contribution in [0.5, 0.6) is 5.75 Å². The Morgan fingerprint density at radius 2 is 2.07 bits per heavy atom. The van der Waals surface area contributed by atoms with Gasteiger partial charge in [-0.15, -0.1) is 0 Å². The highest BCUT2D eigenvalue weighted by Gasteiger charge is 2.20. The fourth-order valence-electron chi connectivity index (χ4n) is 2.90. The summed E-state index contributed by atoms with van der Waals surface area (Å²) in [7, 11) is 0. The van der Waals surface area contributed by atoms with Crippen molar-refractivity contribution in [2.24, 2.45) is 0 Å². The van der Waals surface area contributed by atoms with E-state index in [2.05, 4.69) is 9.97 Å². The summed E-state index contributed by atoms with van der Waals surface area (Å²) in [5.74, 6) is 0.114. The fourth-order valence-corrected chi connectivity index (χ4v) is 3.93. The van der Waals surface area contributed by atoms with Gasteiger partial charge in [0, 0.05) is 25.5 Å². The minimum absolute atomic E-state index is 0.0978. The Morgan fingerprint density at radius 1 is 1.21 bits per heavy atom. The number of carbonyl (C=O) groups is 1. The molecule has 0 aliphatic carbocycles. The van der Waals surface area contributed by atoms with E-state index in [0.29, 0.717) is 27.6 Å². The third kappa shape index (κ3) is 4.78. The molecule has 2 heterocycles. The van der Waals surface area contributed by atoms with Crippen molar-refractivity contribution >= 4 is 32.6 Å². The Morgan fingerprint density at radius 3 is 2.86 bits per heavy atom. The molecule has 4 rings (SSSR count). The van der Waals surface area contributed by atoms with E-state index in [1.54, 1.807) is 35.6 Å². The number of nitrogens with zero attached hydrogens (tertiary/aromatic N) is 4. The zero-order chi connectivity index (χ0) is 20.1. The molecule has 0 unspecified atom stereocenters. The normalized spacial score (nSPS) is 10.9. The molecule has 2 aromatic heterocycles. The monoisotopic (exact) mass is 410 g/mol. The van der Waals surface area contributed by atoms with Crippen LogP contribution in [0.4, 0.5) is 9.52 Å². The van der Waals surface area contributed by atoms with Crippen LogP contribution in [-0.2, 0) is 11.3 Å².